The molecule has 1 aliphatic heterocycles. The van der Waals surface area contributed by atoms with Crippen molar-refractivity contribution in [3.8, 4) is 0 Å². The van der Waals surface area contributed by atoms with Gasteiger partial charge in [0.15, 0.2) is 11.6 Å². The van der Waals surface area contributed by atoms with Crippen molar-refractivity contribution >= 4 is 11.9 Å². The van der Waals surface area contributed by atoms with Gasteiger partial charge in [0.05, 0.1) is 0 Å². The molecule has 1 aliphatic rings. The first-order valence-electron chi connectivity index (χ1n) is 7.81. The van der Waals surface area contributed by atoms with E-state index in [9.17, 15) is 13.6 Å². The maximum absolute atomic E-state index is 13.2. The number of hydrogen-bond acceptors (Lipinski definition) is 2. The number of hydrogen-bond donors (Lipinski definition) is 1. The van der Waals surface area contributed by atoms with Crippen LogP contribution in [0, 0.1) is 24.5 Å². The number of nitrogens with zero attached hydrogens (tertiary/aromatic N) is 2. The lowest BCUT2D eigenvalue weighted by Gasteiger charge is -2.13. The molecule has 1 unspecified atom stereocenters. The molecule has 124 valence electrons. The van der Waals surface area contributed by atoms with Crippen LogP contribution in [0.1, 0.15) is 31.5 Å². The van der Waals surface area contributed by atoms with Crippen LogP contribution < -0.4 is 4.90 Å². The van der Waals surface area contributed by atoms with Gasteiger partial charge in [-0.25, -0.2) is 13.8 Å². The third-order valence-corrected chi connectivity index (χ3v) is 3.73. The van der Waals surface area contributed by atoms with Gasteiger partial charge in [-0.15, -0.1) is 0 Å². The van der Waals surface area contributed by atoms with Crippen molar-refractivity contribution in [1.29, 1.82) is 0 Å². The summed E-state index contributed by atoms with van der Waals surface area (Å²) in [6.07, 6.45) is 2.76. The molecule has 0 bridgehead atoms. The maximum atomic E-state index is 13.2. The lowest BCUT2D eigenvalue weighted by molar-refractivity contribution is -0.120. The second-order valence-corrected chi connectivity index (χ2v) is 5.32. The summed E-state index contributed by atoms with van der Waals surface area (Å²) in [5.74, 6) is -1.46. The van der Waals surface area contributed by atoms with Gasteiger partial charge in [0.25, 0.3) is 0 Å². The zero-order valence-electron chi connectivity index (χ0n) is 13.6. The van der Waals surface area contributed by atoms with E-state index in [1.54, 1.807) is 11.1 Å². The highest BCUT2D eigenvalue weighted by Gasteiger charge is 2.33. The van der Waals surface area contributed by atoms with Crippen molar-refractivity contribution in [3.05, 3.63) is 47.3 Å². The molecular weight excluding hydrogens is 300 g/mol. The number of nitrogens with one attached hydrogen (secondary N) is 1. The first-order valence-corrected chi connectivity index (χ1v) is 7.81. The highest BCUT2D eigenvalue weighted by molar-refractivity contribution is 5.95. The predicted octanol–water partition coefficient (Wildman–Crippen LogP) is 3.62. The van der Waals surface area contributed by atoms with Gasteiger partial charge < -0.3 is 4.98 Å². The number of anilines is 1. The molecule has 0 spiro atoms. The Kier molecular flexibility index (Phi) is 5.47. The Morgan fingerprint density at radius 3 is 2.65 bits per heavy atom. The molecule has 2 aromatic rings. The molecule has 1 aromatic carbocycles. The monoisotopic (exact) mass is 321 g/mol. The zero-order chi connectivity index (χ0) is 17.0. The molecule has 3 rings (SSSR count). The van der Waals surface area contributed by atoms with E-state index in [2.05, 4.69) is 9.97 Å². The van der Waals surface area contributed by atoms with Gasteiger partial charge >= 0.3 is 0 Å². The standard InChI is InChI=1S/C15H15F2N3O.C2H6/c1-9-8-18-15(19-9)20-5-4-11(14(20)21)6-10-2-3-12(16)13(17)7-10;1-2/h2-3,7-8,11H,4-6H2,1H3,(H,18,19);1-2H3. The van der Waals surface area contributed by atoms with E-state index < -0.39 is 11.6 Å². The Morgan fingerprint density at radius 1 is 1.30 bits per heavy atom. The molecule has 0 radical (unpaired) electrons. The predicted molar refractivity (Wildman–Crippen MR) is 85.2 cm³/mol. The second-order valence-electron chi connectivity index (χ2n) is 5.32. The minimum absolute atomic E-state index is 0.0333. The number of carbonyl (C=O) groups excluding carboxylic acids is 1. The fraction of sp³-hybridized carbons (Fsp3) is 0.412. The van der Waals surface area contributed by atoms with Crippen molar-refractivity contribution in [3.63, 3.8) is 0 Å². The van der Waals surface area contributed by atoms with Crippen molar-refractivity contribution in [2.24, 2.45) is 5.92 Å². The van der Waals surface area contributed by atoms with Crippen LogP contribution in [0.4, 0.5) is 14.7 Å². The summed E-state index contributed by atoms with van der Waals surface area (Å²) < 4.78 is 26.1. The SMILES string of the molecule is CC.Cc1cnc(N2CCC(Cc3ccc(F)c(F)c3)C2=O)[nH]1. The number of amides is 1. The summed E-state index contributed by atoms with van der Waals surface area (Å²) in [4.78, 5) is 21.2. The molecule has 0 saturated carbocycles. The lowest BCUT2D eigenvalue weighted by atomic mass is 9.98. The van der Waals surface area contributed by atoms with E-state index in [-0.39, 0.29) is 11.8 Å². The van der Waals surface area contributed by atoms with Gasteiger partial charge in [0, 0.05) is 24.4 Å². The number of imidazole rings is 1. The summed E-state index contributed by atoms with van der Waals surface area (Å²) in [6.45, 7) is 6.45. The van der Waals surface area contributed by atoms with Crippen LogP contribution in [-0.4, -0.2) is 22.4 Å². The molecule has 1 saturated heterocycles. The van der Waals surface area contributed by atoms with Crippen molar-refractivity contribution in [2.45, 2.75) is 33.6 Å². The van der Waals surface area contributed by atoms with Crippen LogP contribution in [0.15, 0.2) is 24.4 Å². The van der Waals surface area contributed by atoms with Crippen LogP contribution in [-0.2, 0) is 11.2 Å². The van der Waals surface area contributed by atoms with E-state index in [1.165, 1.54) is 6.07 Å². The summed E-state index contributed by atoms with van der Waals surface area (Å²) >= 11 is 0. The topological polar surface area (TPSA) is 49.0 Å². The van der Waals surface area contributed by atoms with Gasteiger partial charge in [-0.3, -0.25) is 9.69 Å². The van der Waals surface area contributed by atoms with Crippen LogP contribution in [0.25, 0.3) is 0 Å². The van der Waals surface area contributed by atoms with Crippen LogP contribution in [0.2, 0.25) is 0 Å². The van der Waals surface area contributed by atoms with Crippen LogP contribution in [0.3, 0.4) is 0 Å². The van der Waals surface area contributed by atoms with Gasteiger partial charge in [-0.05, 0) is 37.5 Å². The van der Waals surface area contributed by atoms with Crippen molar-refractivity contribution in [1.82, 2.24) is 9.97 Å². The number of benzene rings is 1. The fourth-order valence-electron chi connectivity index (χ4n) is 2.63. The maximum Gasteiger partial charge on any atom is 0.232 e. The number of aryl methyl sites for hydroxylation is 1. The number of aromatic amines is 1. The Bertz CT molecular complexity index is 684. The van der Waals surface area contributed by atoms with Gasteiger partial charge in [0.2, 0.25) is 11.9 Å². The molecule has 4 nitrogen and oxygen atoms in total. The third kappa shape index (κ3) is 3.75. The Hall–Kier alpha value is -2.24. The average molecular weight is 321 g/mol. The first kappa shape index (κ1) is 17.1. The zero-order valence-corrected chi connectivity index (χ0v) is 13.6. The van der Waals surface area contributed by atoms with E-state index in [1.807, 2.05) is 20.8 Å². The normalized spacial score (nSPS) is 17.2. The molecule has 6 heteroatoms. The van der Waals surface area contributed by atoms with E-state index in [4.69, 9.17) is 0 Å². The highest BCUT2D eigenvalue weighted by Crippen LogP contribution is 2.26. The Balaban J connectivity index is 0.000000924. The number of halogens is 2. The number of H-pyrrole nitrogens is 1. The molecular formula is C17H21F2N3O. The average Bonchev–Trinajstić information content (AvgIpc) is 3.12. The van der Waals surface area contributed by atoms with Crippen LogP contribution in [0.5, 0.6) is 0 Å². The van der Waals surface area contributed by atoms with Crippen molar-refractivity contribution < 1.29 is 13.6 Å². The summed E-state index contributed by atoms with van der Waals surface area (Å²) in [5, 5.41) is 0. The largest absolute Gasteiger partial charge is 0.328 e. The molecule has 23 heavy (non-hydrogen) atoms. The minimum atomic E-state index is -0.878. The molecule has 0 aliphatic carbocycles. The van der Waals surface area contributed by atoms with E-state index in [0.29, 0.717) is 30.9 Å². The van der Waals surface area contributed by atoms with Gasteiger partial charge in [0.1, 0.15) is 0 Å². The number of rotatable bonds is 3. The summed E-state index contributed by atoms with van der Waals surface area (Å²) in [6, 6.07) is 3.77. The minimum Gasteiger partial charge on any atom is -0.328 e. The second kappa shape index (κ2) is 7.35. The third-order valence-electron chi connectivity index (χ3n) is 3.73. The Labute approximate surface area is 134 Å². The highest BCUT2D eigenvalue weighted by atomic mass is 19.2. The first-order chi connectivity index (χ1) is 11.0. The smallest absolute Gasteiger partial charge is 0.232 e. The quantitative estimate of drug-likeness (QED) is 0.938. The molecule has 2 heterocycles. The van der Waals surface area contributed by atoms with Crippen molar-refractivity contribution in [2.75, 3.05) is 11.4 Å². The van der Waals surface area contributed by atoms with E-state index >= 15 is 0 Å². The van der Waals surface area contributed by atoms with Gasteiger partial charge in [-0.2, -0.15) is 0 Å². The molecule has 1 atom stereocenters. The fourth-order valence-corrected chi connectivity index (χ4v) is 2.63. The van der Waals surface area contributed by atoms with Crippen LogP contribution >= 0.6 is 0 Å². The molecule has 1 fully saturated rings. The molecule has 1 N–H and O–H groups in total. The number of carbonyl (C=O) groups is 1. The van der Waals surface area contributed by atoms with Gasteiger partial charge in [-0.1, -0.05) is 19.9 Å². The summed E-state index contributed by atoms with van der Waals surface area (Å²) in [7, 11) is 0. The van der Waals surface area contributed by atoms with E-state index in [0.717, 1.165) is 17.8 Å². The summed E-state index contributed by atoms with van der Waals surface area (Å²) in [5.41, 5.74) is 1.52. The molecule has 1 amide bonds. The molecule has 1 aromatic heterocycles. The number of aromatic nitrogens is 2. The lowest BCUT2D eigenvalue weighted by Crippen LogP contribution is -2.28. The Morgan fingerprint density at radius 2 is 2.04 bits per heavy atom.